The van der Waals surface area contributed by atoms with Crippen LogP contribution in [0.1, 0.15) is 64.2 Å². The second-order valence-electron chi connectivity index (χ2n) is 5.99. The van der Waals surface area contributed by atoms with Crippen molar-refractivity contribution in [2.45, 2.75) is 64.2 Å². The van der Waals surface area contributed by atoms with Crippen LogP contribution in [0, 0.1) is 23.7 Å². The van der Waals surface area contributed by atoms with Crippen molar-refractivity contribution in [1.29, 1.82) is 0 Å². The van der Waals surface area contributed by atoms with Crippen molar-refractivity contribution < 1.29 is 0 Å². The molecule has 0 radical (unpaired) electrons. The largest absolute Gasteiger partial charge is 0.0530 e. The van der Waals surface area contributed by atoms with Crippen molar-refractivity contribution in [3.05, 3.63) is 0 Å². The summed E-state index contributed by atoms with van der Waals surface area (Å²) in [5.41, 5.74) is 0. The maximum atomic E-state index is 1.59. The Morgan fingerprint density at radius 2 is 0.857 bits per heavy atom. The second-order valence-corrected chi connectivity index (χ2v) is 5.99. The van der Waals surface area contributed by atoms with Crippen molar-refractivity contribution in [1.82, 2.24) is 0 Å². The molecule has 0 bridgehead atoms. The zero-order valence-electron chi connectivity index (χ0n) is 9.38. The van der Waals surface area contributed by atoms with E-state index in [0.29, 0.717) is 0 Å². The Labute approximate surface area is 88.5 Å². The summed E-state index contributed by atoms with van der Waals surface area (Å²) in [6.07, 6.45) is 15.7. The van der Waals surface area contributed by atoms with E-state index in [2.05, 4.69) is 0 Å². The fraction of sp³-hybridized carbons (Fsp3) is 1.00. The van der Waals surface area contributed by atoms with Gasteiger partial charge in [0.15, 0.2) is 0 Å². The molecule has 0 saturated heterocycles. The molecule has 0 heterocycles. The lowest BCUT2D eigenvalue weighted by atomic mass is 9.58. The van der Waals surface area contributed by atoms with E-state index < -0.39 is 0 Å². The fourth-order valence-corrected chi connectivity index (χ4v) is 4.74. The average Bonchev–Trinajstić information content (AvgIpc) is 2.29. The molecule has 4 atom stereocenters. The number of hydrogen-bond acceptors (Lipinski definition) is 0. The Bertz CT molecular complexity index is 174. The van der Waals surface area contributed by atoms with Gasteiger partial charge in [-0.25, -0.2) is 0 Å². The first-order valence-corrected chi connectivity index (χ1v) is 6.95. The van der Waals surface area contributed by atoms with Crippen LogP contribution in [-0.2, 0) is 0 Å². The molecule has 0 unspecified atom stereocenters. The maximum absolute atomic E-state index is 1.59. The minimum atomic E-state index is 1.16. The van der Waals surface area contributed by atoms with Gasteiger partial charge in [-0.05, 0) is 49.4 Å². The molecule has 0 nitrogen and oxygen atoms in total. The lowest BCUT2D eigenvalue weighted by Gasteiger charge is -2.48. The van der Waals surface area contributed by atoms with Crippen molar-refractivity contribution in [2.24, 2.45) is 23.7 Å². The minimum absolute atomic E-state index is 1.16. The third kappa shape index (κ3) is 1.51. The van der Waals surface area contributed by atoms with Gasteiger partial charge in [0, 0.05) is 0 Å². The van der Waals surface area contributed by atoms with Gasteiger partial charge in [-0.2, -0.15) is 0 Å². The Kier molecular flexibility index (Phi) is 2.55. The Morgan fingerprint density at radius 1 is 0.429 bits per heavy atom. The van der Waals surface area contributed by atoms with Crippen LogP contribution >= 0.6 is 0 Å². The van der Waals surface area contributed by atoms with Crippen LogP contribution in [0.3, 0.4) is 0 Å². The molecule has 0 N–H and O–H groups in total. The first-order chi connectivity index (χ1) is 6.95. The number of hydrogen-bond donors (Lipinski definition) is 0. The molecule has 0 aliphatic heterocycles. The third-order valence-electron chi connectivity index (χ3n) is 5.39. The SMILES string of the molecule is C1CC[C@H]2[C@H](C1)CC[C@H]1CCCC[C@@H]12. The van der Waals surface area contributed by atoms with E-state index in [4.69, 9.17) is 0 Å². The highest BCUT2D eigenvalue weighted by Gasteiger charge is 2.40. The molecule has 3 rings (SSSR count). The van der Waals surface area contributed by atoms with E-state index in [-0.39, 0.29) is 0 Å². The molecule has 0 aromatic heterocycles. The fourth-order valence-electron chi connectivity index (χ4n) is 4.74. The zero-order valence-corrected chi connectivity index (χ0v) is 9.38. The molecular formula is C14H24. The van der Waals surface area contributed by atoms with Gasteiger partial charge in [0.05, 0.1) is 0 Å². The molecule has 0 spiro atoms. The van der Waals surface area contributed by atoms with Crippen LogP contribution in [0.2, 0.25) is 0 Å². The Morgan fingerprint density at radius 3 is 1.36 bits per heavy atom. The van der Waals surface area contributed by atoms with E-state index in [9.17, 15) is 0 Å². The summed E-state index contributed by atoms with van der Waals surface area (Å²) in [4.78, 5) is 0. The summed E-state index contributed by atoms with van der Waals surface area (Å²) in [7, 11) is 0. The quantitative estimate of drug-likeness (QED) is 0.534. The lowest BCUT2D eigenvalue weighted by molar-refractivity contribution is 0.0278. The van der Waals surface area contributed by atoms with Crippen LogP contribution in [-0.4, -0.2) is 0 Å². The molecule has 3 saturated carbocycles. The van der Waals surface area contributed by atoms with Crippen LogP contribution < -0.4 is 0 Å². The van der Waals surface area contributed by atoms with Gasteiger partial charge in [0.2, 0.25) is 0 Å². The first kappa shape index (κ1) is 9.24. The van der Waals surface area contributed by atoms with Crippen molar-refractivity contribution in [3.8, 4) is 0 Å². The van der Waals surface area contributed by atoms with E-state index >= 15 is 0 Å². The van der Waals surface area contributed by atoms with Crippen LogP contribution in [0.25, 0.3) is 0 Å². The molecule has 0 heteroatoms. The average molecular weight is 192 g/mol. The van der Waals surface area contributed by atoms with E-state index in [1.165, 1.54) is 11.8 Å². The Balaban J connectivity index is 1.74. The molecule has 3 fully saturated rings. The summed E-state index contributed by atoms with van der Waals surface area (Å²) < 4.78 is 0. The van der Waals surface area contributed by atoms with Gasteiger partial charge in [0.1, 0.15) is 0 Å². The summed E-state index contributed by atoms with van der Waals surface area (Å²) in [6, 6.07) is 0. The van der Waals surface area contributed by atoms with Crippen LogP contribution in [0.15, 0.2) is 0 Å². The molecular weight excluding hydrogens is 168 g/mol. The monoisotopic (exact) mass is 192 g/mol. The predicted octanol–water partition coefficient (Wildman–Crippen LogP) is 4.39. The maximum Gasteiger partial charge on any atom is -0.0355 e. The van der Waals surface area contributed by atoms with E-state index in [1.54, 1.807) is 64.2 Å². The van der Waals surface area contributed by atoms with Crippen molar-refractivity contribution >= 4 is 0 Å². The highest BCUT2D eigenvalue weighted by atomic mass is 14.5. The normalized spacial score (nSPS) is 48.0. The van der Waals surface area contributed by atoms with Gasteiger partial charge >= 0.3 is 0 Å². The predicted molar refractivity (Wildman–Crippen MR) is 60.1 cm³/mol. The molecule has 3 aliphatic rings. The minimum Gasteiger partial charge on any atom is -0.0530 e. The van der Waals surface area contributed by atoms with Gasteiger partial charge in [-0.3, -0.25) is 0 Å². The van der Waals surface area contributed by atoms with Crippen LogP contribution in [0.5, 0.6) is 0 Å². The van der Waals surface area contributed by atoms with Crippen molar-refractivity contribution in [3.63, 3.8) is 0 Å². The summed E-state index contributed by atoms with van der Waals surface area (Å²) in [5.74, 6) is 4.65. The topological polar surface area (TPSA) is 0 Å². The van der Waals surface area contributed by atoms with Gasteiger partial charge in [-0.15, -0.1) is 0 Å². The Hall–Kier alpha value is 0. The highest BCUT2D eigenvalue weighted by Crippen LogP contribution is 2.51. The molecule has 0 aromatic rings. The number of rotatable bonds is 0. The third-order valence-corrected chi connectivity index (χ3v) is 5.39. The molecule has 14 heavy (non-hydrogen) atoms. The highest BCUT2D eigenvalue weighted by molar-refractivity contribution is 4.91. The van der Waals surface area contributed by atoms with Gasteiger partial charge in [0.25, 0.3) is 0 Å². The zero-order chi connectivity index (χ0) is 9.38. The van der Waals surface area contributed by atoms with E-state index in [0.717, 1.165) is 11.8 Å². The summed E-state index contributed by atoms with van der Waals surface area (Å²) in [6.45, 7) is 0. The second kappa shape index (κ2) is 3.87. The van der Waals surface area contributed by atoms with Crippen LogP contribution in [0.4, 0.5) is 0 Å². The van der Waals surface area contributed by atoms with Gasteiger partial charge in [-0.1, -0.05) is 38.5 Å². The summed E-state index contributed by atoms with van der Waals surface area (Å²) >= 11 is 0. The van der Waals surface area contributed by atoms with E-state index in [1.807, 2.05) is 0 Å². The molecule has 0 amide bonds. The lowest BCUT2D eigenvalue weighted by Crippen LogP contribution is -2.38. The number of fused-ring (bicyclic) bond motifs is 3. The molecule has 3 aliphatic carbocycles. The standard InChI is InChI=1S/C14H24/c1-3-7-13-11(5-1)9-10-12-6-2-4-8-14(12)13/h11-14H,1-10H2/t11-,12-,13+,14+/m1/s1. The summed E-state index contributed by atoms with van der Waals surface area (Å²) in [5, 5.41) is 0. The first-order valence-electron chi connectivity index (χ1n) is 6.95. The molecule has 0 aromatic carbocycles. The van der Waals surface area contributed by atoms with Gasteiger partial charge < -0.3 is 0 Å². The molecule has 80 valence electrons. The smallest absolute Gasteiger partial charge is 0.0355 e. The van der Waals surface area contributed by atoms with Crippen molar-refractivity contribution in [2.75, 3.05) is 0 Å².